The zero-order valence-electron chi connectivity index (χ0n) is 13.7. The summed E-state index contributed by atoms with van der Waals surface area (Å²) in [5.41, 5.74) is 3.34. The molecule has 6 heteroatoms. The number of amides is 1. The lowest BCUT2D eigenvalue weighted by Crippen LogP contribution is -2.17. The number of hydrazone groups is 1. The maximum absolute atomic E-state index is 11.8. The lowest BCUT2D eigenvalue weighted by atomic mass is 10.2. The van der Waals surface area contributed by atoms with E-state index >= 15 is 0 Å². The molecule has 24 heavy (non-hydrogen) atoms. The fourth-order valence-corrected chi connectivity index (χ4v) is 2.82. The van der Waals surface area contributed by atoms with E-state index in [1.54, 1.807) is 44.3 Å². The van der Waals surface area contributed by atoms with Gasteiger partial charge in [-0.05, 0) is 35.9 Å². The summed E-state index contributed by atoms with van der Waals surface area (Å²) in [4.78, 5) is 12.9. The molecule has 126 valence electrons. The summed E-state index contributed by atoms with van der Waals surface area (Å²) in [5.74, 6) is 1.86. The zero-order chi connectivity index (χ0) is 17.2. The van der Waals surface area contributed by atoms with Crippen LogP contribution in [-0.2, 0) is 4.79 Å². The van der Waals surface area contributed by atoms with Crippen LogP contribution in [0.1, 0.15) is 12.0 Å². The van der Waals surface area contributed by atoms with Gasteiger partial charge in [-0.1, -0.05) is 18.2 Å². The Morgan fingerprint density at radius 2 is 1.88 bits per heavy atom. The van der Waals surface area contributed by atoms with E-state index in [4.69, 9.17) is 9.47 Å². The predicted octanol–water partition coefficient (Wildman–Crippen LogP) is 3.34. The molecule has 0 fully saturated rings. The number of rotatable bonds is 8. The fraction of sp³-hybridized carbons (Fsp3) is 0.222. The smallest absolute Gasteiger partial charge is 0.240 e. The van der Waals surface area contributed by atoms with Gasteiger partial charge < -0.3 is 9.47 Å². The van der Waals surface area contributed by atoms with Crippen LogP contribution >= 0.6 is 11.8 Å². The zero-order valence-corrected chi connectivity index (χ0v) is 14.5. The normalized spacial score (nSPS) is 10.6. The molecule has 2 aromatic carbocycles. The van der Waals surface area contributed by atoms with Gasteiger partial charge in [0.15, 0.2) is 11.5 Å². The molecular weight excluding hydrogens is 324 g/mol. The Bertz CT molecular complexity index is 690. The molecule has 0 aliphatic rings. The molecule has 2 aromatic rings. The SMILES string of the molecule is COc1ccc(/C=N\NC(=O)CCSc2ccccc2)cc1OC. The molecule has 0 bridgehead atoms. The van der Waals surface area contributed by atoms with Gasteiger partial charge in [0, 0.05) is 17.1 Å². The summed E-state index contributed by atoms with van der Waals surface area (Å²) in [6, 6.07) is 15.4. The second kappa shape index (κ2) is 9.62. The molecule has 0 spiro atoms. The standard InChI is InChI=1S/C18H20N2O3S/c1-22-16-9-8-14(12-17(16)23-2)13-19-20-18(21)10-11-24-15-6-4-3-5-7-15/h3-9,12-13H,10-11H2,1-2H3,(H,20,21)/b19-13-. The number of hydrogen-bond acceptors (Lipinski definition) is 5. The quantitative estimate of drug-likeness (QED) is 0.453. The third-order valence-corrected chi connectivity index (χ3v) is 4.17. The number of benzene rings is 2. The maximum atomic E-state index is 11.8. The fourth-order valence-electron chi connectivity index (χ4n) is 1.95. The van der Waals surface area contributed by atoms with Crippen LogP contribution in [0.25, 0.3) is 0 Å². The molecule has 0 heterocycles. The van der Waals surface area contributed by atoms with E-state index in [-0.39, 0.29) is 5.91 Å². The first-order chi connectivity index (χ1) is 11.7. The number of carbonyl (C=O) groups is 1. The van der Waals surface area contributed by atoms with Crippen molar-refractivity contribution < 1.29 is 14.3 Å². The number of hydrogen-bond donors (Lipinski definition) is 1. The van der Waals surface area contributed by atoms with Crippen LogP contribution < -0.4 is 14.9 Å². The average Bonchev–Trinajstić information content (AvgIpc) is 2.62. The van der Waals surface area contributed by atoms with Gasteiger partial charge in [-0.3, -0.25) is 4.79 Å². The minimum atomic E-state index is -0.116. The van der Waals surface area contributed by atoms with Crippen LogP contribution in [0.4, 0.5) is 0 Å². The van der Waals surface area contributed by atoms with Crippen molar-refractivity contribution in [2.75, 3.05) is 20.0 Å². The first kappa shape index (κ1) is 17.9. The Balaban J connectivity index is 1.77. The summed E-state index contributed by atoms with van der Waals surface area (Å²) in [6.07, 6.45) is 1.98. The van der Waals surface area contributed by atoms with E-state index < -0.39 is 0 Å². The second-order valence-corrected chi connectivity index (χ2v) is 5.99. The van der Waals surface area contributed by atoms with Crippen molar-refractivity contribution in [3.05, 3.63) is 54.1 Å². The monoisotopic (exact) mass is 344 g/mol. The van der Waals surface area contributed by atoms with Crippen LogP contribution in [0, 0.1) is 0 Å². The Morgan fingerprint density at radius 1 is 1.12 bits per heavy atom. The predicted molar refractivity (Wildman–Crippen MR) is 97.1 cm³/mol. The average molecular weight is 344 g/mol. The topological polar surface area (TPSA) is 59.9 Å². The van der Waals surface area contributed by atoms with Crippen LogP contribution in [0.3, 0.4) is 0 Å². The Kier molecular flexibility index (Phi) is 7.17. The van der Waals surface area contributed by atoms with Crippen LogP contribution in [-0.4, -0.2) is 32.1 Å². The summed E-state index contributed by atoms with van der Waals surface area (Å²) >= 11 is 1.64. The van der Waals surface area contributed by atoms with Gasteiger partial charge in [0.2, 0.25) is 5.91 Å². The van der Waals surface area contributed by atoms with Crippen LogP contribution in [0.15, 0.2) is 58.5 Å². The molecule has 1 N–H and O–H groups in total. The molecule has 0 saturated carbocycles. The van der Waals surface area contributed by atoms with E-state index in [1.165, 1.54) is 0 Å². The highest BCUT2D eigenvalue weighted by molar-refractivity contribution is 7.99. The van der Waals surface area contributed by atoms with Gasteiger partial charge in [0.05, 0.1) is 20.4 Å². The van der Waals surface area contributed by atoms with Gasteiger partial charge in [-0.2, -0.15) is 5.10 Å². The number of ether oxygens (including phenoxy) is 2. The molecule has 0 aliphatic heterocycles. The molecule has 0 aromatic heterocycles. The highest BCUT2D eigenvalue weighted by atomic mass is 32.2. The first-order valence-corrected chi connectivity index (χ1v) is 8.43. The Hall–Kier alpha value is -2.47. The van der Waals surface area contributed by atoms with Crippen LogP contribution in [0.2, 0.25) is 0 Å². The van der Waals surface area contributed by atoms with Crippen molar-refractivity contribution in [2.24, 2.45) is 5.10 Å². The van der Waals surface area contributed by atoms with E-state index in [1.807, 2.05) is 36.4 Å². The minimum absolute atomic E-state index is 0.116. The third kappa shape index (κ3) is 5.62. The van der Waals surface area contributed by atoms with Gasteiger partial charge >= 0.3 is 0 Å². The summed E-state index contributed by atoms with van der Waals surface area (Å²) in [7, 11) is 3.16. The van der Waals surface area contributed by atoms with Crippen molar-refractivity contribution in [3.8, 4) is 11.5 Å². The largest absolute Gasteiger partial charge is 0.493 e. The number of carbonyl (C=O) groups excluding carboxylic acids is 1. The Morgan fingerprint density at radius 3 is 2.58 bits per heavy atom. The van der Waals surface area contributed by atoms with E-state index in [0.29, 0.717) is 23.7 Å². The molecule has 5 nitrogen and oxygen atoms in total. The van der Waals surface area contributed by atoms with Gasteiger partial charge in [0.1, 0.15) is 0 Å². The lowest BCUT2D eigenvalue weighted by Gasteiger charge is -2.07. The van der Waals surface area contributed by atoms with Gasteiger partial charge in [-0.25, -0.2) is 5.43 Å². The number of nitrogens with zero attached hydrogens (tertiary/aromatic N) is 1. The van der Waals surface area contributed by atoms with Crippen molar-refractivity contribution in [1.29, 1.82) is 0 Å². The maximum Gasteiger partial charge on any atom is 0.240 e. The molecule has 0 aliphatic carbocycles. The van der Waals surface area contributed by atoms with Crippen molar-refractivity contribution in [1.82, 2.24) is 5.43 Å². The third-order valence-electron chi connectivity index (χ3n) is 3.15. The summed E-state index contributed by atoms with van der Waals surface area (Å²) in [5, 5.41) is 3.97. The summed E-state index contributed by atoms with van der Waals surface area (Å²) in [6.45, 7) is 0. The molecule has 1 amide bonds. The number of thioether (sulfide) groups is 1. The number of methoxy groups -OCH3 is 2. The van der Waals surface area contributed by atoms with E-state index in [9.17, 15) is 4.79 Å². The van der Waals surface area contributed by atoms with E-state index in [0.717, 1.165) is 10.5 Å². The molecule has 0 saturated heterocycles. The molecule has 0 radical (unpaired) electrons. The molecular formula is C18H20N2O3S. The van der Waals surface area contributed by atoms with Gasteiger partial charge in [-0.15, -0.1) is 11.8 Å². The number of nitrogens with one attached hydrogen (secondary N) is 1. The van der Waals surface area contributed by atoms with Crippen LogP contribution in [0.5, 0.6) is 11.5 Å². The molecule has 2 rings (SSSR count). The van der Waals surface area contributed by atoms with Gasteiger partial charge in [0.25, 0.3) is 0 Å². The van der Waals surface area contributed by atoms with Crippen molar-refractivity contribution in [3.63, 3.8) is 0 Å². The van der Waals surface area contributed by atoms with E-state index in [2.05, 4.69) is 10.5 Å². The highest BCUT2D eigenvalue weighted by Gasteiger charge is 2.03. The summed E-state index contributed by atoms with van der Waals surface area (Å²) < 4.78 is 10.4. The second-order valence-electron chi connectivity index (χ2n) is 4.82. The first-order valence-electron chi connectivity index (χ1n) is 7.44. The molecule has 0 unspecified atom stereocenters. The minimum Gasteiger partial charge on any atom is -0.493 e. The van der Waals surface area contributed by atoms with Crippen molar-refractivity contribution >= 4 is 23.9 Å². The highest BCUT2D eigenvalue weighted by Crippen LogP contribution is 2.26. The Labute approximate surface area is 146 Å². The van der Waals surface area contributed by atoms with Crippen molar-refractivity contribution in [2.45, 2.75) is 11.3 Å². The molecule has 0 atom stereocenters. The lowest BCUT2D eigenvalue weighted by molar-refractivity contribution is -0.120.